The van der Waals surface area contributed by atoms with Crippen LogP contribution in [0.5, 0.6) is 5.75 Å². The molecule has 1 heterocycles. The molecule has 1 atom stereocenters. The minimum atomic E-state index is -0.0749. The SMILES string of the molecule is COc1cccc(CCNC(=O)NC[C@@H]2CSCCS2)c1. The van der Waals surface area contributed by atoms with E-state index in [4.69, 9.17) is 4.74 Å². The lowest BCUT2D eigenvalue weighted by atomic mass is 10.1. The van der Waals surface area contributed by atoms with Crippen LogP contribution in [0, 0.1) is 0 Å². The molecule has 4 nitrogen and oxygen atoms in total. The number of urea groups is 1. The van der Waals surface area contributed by atoms with Crippen LogP contribution in [0.15, 0.2) is 24.3 Å². The molecule has 2 rings (SSSR count). The van der Waals surface area contributed by atoms with Crippen molar-refractivity contribution in [2.24, 2.45) is 0 Å². The lowest BCUT2D eigenvalue weighted by Gasteiger charge is -2.21. The highest BCUT2D eigenvalue weighted by Crippen LogP contribution is 2.23. The number of carbonyl (C=O) groups is 1. The fourth-order valence-electron chi connectivity index (χ4n) is 2.07. The van der Waals surface area contributed by atoms with Gasteiger partial charge in [-0.1, -0.05) is 12.1 Å². The van der Waals surface area contributed by atoms with E-state index in [1.807, 2.05) is 47.8 Å². The molecule has 0 aromatic heterocycles. The second-order valence-corrected chi connectivity index (χ2v) is 7.36. The van der Waals surface area contributed by atoms with Gasteiger partial charge in [-0.2, -0.15) is 23.5 Å². The topological polar surface area (TPSA) is 50.4 Å². The molecule has 0 aliphatic carbocycles. The van der Waals surface area contributed by atoms with Crippen molar-refractivity contribution in [1.29, 1.82) is 0 Å². The number of nitrogens with one attached hydrogen (secondary N) is 2. The van der Waals surface area contributed by atoms with E-state index in [1.165, 1.54) is 11.5 Å². The number of carbonyl (C=O) groups excluding carboxylic acids is 1. The molecule has 21 heavy (non-hydrogen) atoms. The van der Waals surface area contributed by atoms with Crippen LogP contribution < -0.4 is 15.4 Å². The molecule has 0 spiro atoms. The van der Waals surface area contributed by atoms with Crippen molar-refractivity contribution in [1.82, 2.24) is 10.6 Å². The number of hydrogen-bond donors (Lipinski definition) is 2. The Morgan fingerprint density at radius 3 is 3.05 bits per heavy atom. The quantitative estimate of drug-likeness (QED) is 0.843. The van der Waals surface area contributed by atoms with Crippen molar-refractivity contribution in [3.63, 3.8) is 0 Å². The van der Waals surface area contributed by atoms with Crippen LogP contribution in [0.1, 0.15) is 5.56 Å². The zero-order valence-electron chi connectivity index (χ0n) is 12.3. The fourth-order valence-corrected chi connectivity index (χ4v) is 4.68. The Labute approximate surface area is 134 Å². The third-order valence-corrected chi connectivity index (χ3v) is 6.05. The van der Waals surface area contributed by atoms with Crippen LogP contribution in [-0.2, 0) is 6.42 Å². The zero-order chi connectivity index (χ0) is 14.9. The first-order valence-corrected chi connectivity index (χ1v) is 9.32. The van der Waals surface area contributed by atoms with Gasteiger partial charge in [0.05, 0.1) is 7.11 Å². The van der Waals surface area contributed by atoms with E-state index in [0.29, 0.717) is 11.8 Å². The maximum Gasteiger partial charge on any atom is 0.314 e. The summed E-state index contributed by atoms with van der Waals surface area (Å²) in [6, 6.07) is 7.84. The van der Waals surface area contributed by atoms with Crippen molar-refractivity contribution in [3.8, 4) is 5.75 Å². The van der Waals surface area contributed by atoms with Gasteiger partial charge < -0.3 is 15.4 Å². The average molecular weight is 326 g/mol. The summed E-state index contributed by atoms with van der Waals surface area (Å²) < 4.78 is 5.18. The first-order chi connectivity index (χ1) is 10.3. The van der Waals surface area contributed by atoms with E-state index in [1.54, 1.807) is 7.11 Å². The number of amides is 2. The van der Waals surface area contributed by atoms with E-state index in [9.17, 15) is 4.79 Å². The van der Waals surface area contributed by atoms with Gasteiger partial charge in [0.1, 0.15) is 5.75 Å². The van der Waals surface area contributed by atoms with Gasteiger partial charge in [-0.3, -0.25) is 0 Å². The van der Waals surface area contributed by atoms with Gasteiger partial charge in [0.2, 0.25) is 0 Å². The summed E-state index contributed by atoms with van der Waals surface area (Å²) in [5.41, 5.74) is 1.16. The summed E-state index contributed by atoms with van der Waals surface area (Å²) in [6.45, 7) is 1.38. The van der Waals surface area contributed by atoms with E-state index in [-0.39, 0.29) is 6.03 Å². The van der Waals surface area contributed by atoms with Crippen molar-refractivity contribution in [3.05, 3.63) is 29.8 Å². The molecular formula is C15H22N2O2S2. The molecule has 0 saturated carbocycles. The molecular weight excluding hydrogens is 304 g/mol. The van der Waals surface area contributed by atoms with Crippen LogP contribution in [0.2, 0.25) is 0 Å². The second kappa shape index (κ2) is 9.10. The number of rotatable bonds is 6. The highest BCUT2D eigenvalue weighted by atomic mass is 32.2. The molecule has 2 amide bonds. The van der Waals surface area contributed by atoms with Gasteiger partial charge >= 0.3 is 6.03 Å². The Bertz CT molecular complexity index is 451. The van der Waals surface area contributed by atoms with Gasteiger partial charge in [-0.25, -0.2) is 4.79 Å². The molecule has 1 aromatic carbocycles. The third-order valence-electron chi connectivity index (χ3n) is 3.21. The molecule has 2 N–H and O–H groups in total. The number of thioether (sulfide) groups is 2. The molecule has 1 aromatic rings. The molecule has 1 saturated heterocycles. The zero-order valence-corrected chi connectivity index (χ0v) is 13.9. The Hall–Kier alpha value is -1.01. The van der Waals surface area contributed by atoms with Crippen molar-refractivity contribution in [2.45, 2.75) is 11.7 Å². The van der Waals surface area contributed by atoms with Crippen molar-refractivity contribution in [2.75, 3.05) is 37.5 Å². The van der Waals surface area contributed by atoms with Crippen LogP contribution in [0.25, 0.3) is 0 Å². The highest BCUT2D eigenvalue weighted by molar-refractivity contribution is 8.06. The minimum absolute atomic E-state index is 0.0749. The van der Waals surface area contributed by atoms with E-state index in [0.717, 1.165) is 30.0 Å². The summed E-state index contributed by atoms with van der Waals surface area (Å²) >= 11 is 3.92. The van der Waals surface area contributed by atoms with Gasteiger partial charge in [0.15, 0.2) is 0 Å². The molecule has 0 radical (unpaired) electrons. The molecule has 0 bridgehead atoms. The highest BCUT2D eigenvalue weighted by Gasteiger charge is 2.14. The molecule has 116 valence electrons. The van der Waals surface area contributed by atoms with Gasteiger partial charge in [-0.15, -0.1) is 0 Å². The maximum absolute atomic E-state index is 11.7. The van der Waals surface area contributed by atoms with Gasteiger partial charge in [0, 0.05) is 35.6 Å². The molecule has 1 fully saturated rings. The standard InChI is InChI=1S/C15H22N2O2S2/c1-19-13-4-2-3-12(9-13)5-6-16-15(18)17-10-14-11-20-7-8-21-14/h2-4,9,14H,5-8,10-11H2,1H3,(H2,16,17,18)/t14-/m1/s1. The predicted octanol–water partition coefficient (Wildman–Crippen LogP) is 2.39. The van der Waals surface area contributed by atoms with Crippen LogP contribution in [0.4, 0.5) is 4.79 Å². The number of ether oxygens (including phenoxy) is 1. The Morgan fingerprint density at radius 1 is 1.38 bits per heavy atom. The van der Waals surface area contributed by atoms with E-state index in [2.05, 4.69) is 10.6 Å². The summed E-state index contributed by atoms with van der Waals surface area (Å²) in [4.78, 5) is 11.7. The summed E-state index contributed by atoms with van der Waals surface area (Å²) in [7, 11) is 1.66. The lowest BCUT2D eigenvalue weighted by molar-refractivity contribution is 0.241. The van der Waals surface area contributed by atoms with Crippen molar-refractivity contribution < 1.29 is 9.53 Å². The minimum Gasteiger partial charge on any atom is -0.497 e. The van der Waals surface area contributed by atoms with Crippen molar-refractivity contribution >= 4 is 29.6 Å². The Morgan fingerprint density at radius 2 is 2.29 bits per heavy atom. The Kier molecular flexibility index (Phi) is 7.09. The molecule has 1 aliphatic rings. The predicted molar refractivity (Wildman–Crippen MR) is 91.7 cm³/mol. The Balaban J connectivity index is 1.62. The second-order valence-electron chi connectivity index (χ2n) is 4.81. The maximum atomic E-state index is 11.7. The first kappa shape index (κ1) is 16.4. The molecule has 6 heteroatoms. The lowest BCUT2D eigenvalue weighted by Crippen LogP contribution is -2.40. The first-order valence-electron chi connectivity index (χ1n) is 7.12. The van der Waals surface area contributed by atoms with Crippen LogP contribution in [0.3, 0.4) is 0 Å². The molecule has 1 aliphatic heterocycles. The fraction of sp³-hybridized carbons (Fsp3) is 0.533. The van der Waals surface area contributed by atoms with E-state index >= 15 is 0 Å². The summed E-state index contributed by atoms with van der Waals surface area (Å²) in [6.07, 6.45) is 0.804. The van der Waals surface area contributed by atoms with E-state index < -0.39 is 0 Å². The van der Waals surface area contributed by atoms with Gasteiger partial charge in [0.25, 0.3) is 0 Å². The monoisotopic (exact) mass is 326 g/mol. The average Bonchev–Trinajstić information content (AvgIpc) is 2.54. The largest absolute Gasteiger partial charge is 0.497 e. The van der Waals surface area contributed by atoms with Crippen LogP contribution >= 0.6 is 23.5 Å². The smallest absolute Gasteiger partial charge is 0.314 e. The number of hydrogen-bond acceptors (Lipinski definition) is 4. The summed E-state index contributed by atoms with van der Waals surface area (Å²) in [5.74, 6) is 4.40. The van der Waals surface area contributed by atoms with Crippen LogP contribution in [-0.4, -0.2) is 48.7 Å². The number of benzene rings is 1. The van der Waals surface area contributed by atoms with Gasteiger partial charge in [-0.05, 0) is 24.1 Å². The normalized spacial score (nSPS) is 18.0. The summed E-state index contributed by atoms with van der Waals surface area (Å²) in [5, 5.41) is 6.40. The third kappa shape index (κ3) is 6.09. The molecule has 0 unspecified atom stereocenters. The number of methoxy groups -OCH3 is 1.